The van der Waals surface area contributed by atoms with Crippen molar-refractivity contribution in [1.29, 1.82) is 0 Å². The van der Waals surface area contributed by atoms with Crippen LogP contribution in [0.3, 0.4) is 0 Å². The van der Waals surface area contributed by atoms with Crippen LogP contribution in [0, 0.1) is 0 Å². The number of hydrogen-bond donors (Lipinski definition) is 1. The number of rotatable bonds is 7. The minimum atomic E-state index is 0.545. The van der Waals surface area contributed by atoms with E-state index in [2.05, 4.69) is 44.6 Å². The van der Waals surface area contributed by atoms with Crippen LogP contribution < -0.4 is 10.2 Å². The minimum absolute atomic E-state index is 0.545. The van der Waals surface area contributed by atoms with Gasteiger partial charge in [0.1, 0.15) is 5.76 Å². The molecule has 3 heterocycles. The molecule has 1 fully saturated rings. The maximum atomic E-state index is 5.52. The molecule has 0 saturated carbocycles. The summed E-state index contributed by atoms with van der Waals surface area (Å²) in [6.45, 7) is 5.02. The van der Waals surface area contributed by atoms with Gasteiger partial charge in [0.05, 0.1) is 6.26 Å². The average molecular weight is 366 g/mol. The first-order valence-electron chi connectivity index (χ1n) is 9.75. The molecule has 1 saturated heterocycles. The van der Waals surface area contributed by atoms with E-state index in [1.54, 1.807) is 6.26 Å². The van der Waals surface area contributed by atoms with E-state index in [1.807, 2.05) is 19.1 Å². The van der Waals surface area contributed by atoms with Crippen molar-refractivity contribution in [2.24, 2.45) is 0 Å². The van der Waals surface area contributed by atoms with E-state index in [9.17, 15) is 0 Å². The van der Waals surface area contributed by atoms with Gasteiger partial charge in [-0.1, -0.05) is 24.2 Å². The van der Waals surface area contributed by atoms with Crippen LogP contribution in [0.25, 0.3) is 11.3 Å². The average Bonchev–Trinajstić information content (AvgIpc) is 3.41. The van der Waals surface area contributed by atoms with Crippen molar-refractivity contribution in [3.05, 3.63) is 54.4 Å². The molecule has 1 aliphatic heterocycles. The van der Waals surface area contributed by atoms with Crippen LogP contribution in [0.5, 0.6) is 0 Å². The van der Waals surface area contributed by atoms with Gasteiger partial charge in [0, 0.05) is 49.8 Å². The minimum Gasteiger partial charge on any atom is -0.464 e. The van der Waals surface area contributed by atoms with Crippen molar-refractivity contribution < 1.29 is 8.94 Å². The Morgan fingerprint density at radius 3 is 2.81 bits per heavy atom. The largest absolute Gasteiger partial charge is 0.464 e. The Balaban J connectivity index is 1.26. The second kappa shape index (κ2) is 8.39. The number of benzene rings is 1. The Morgan fingerprint density at radius 1 is 1.19 bits per heavy atom. The SMILES string of the molecule is CCc1noc(CCNC2CCN(c3cccc(-c4ccco4)c3)CC2)n1. The second-order valence-corrected chi connectivity index (χ2v) is 6.95. The quantitative estimate of drug-likeness (QED) is 0.688. The molecule has 142 valence electrons. The van der Waals surface area contributed by atoms with Crippen LogP contribution in [-0.4, -0.2) is 35.8 Å². The number of aromatic nitrogens is 2. The smallest absolute Gasteiger partial charge is 0.227 e. The predicted molar refractivity (Wildman–Crippen MR) is 105 cm³/mol. The summed E-state index contributed by atoms with van der Waals surface area (Å²) >= 11 is 0. The van der Waals surface area contributed by atoms with Crippen molar-refractivity contribution in [3.8, 4) is 11.3 Å². The number of nitrogens with zero attached hydrogens (tertiary/aromatic N) is 3. The molecule has 0 bridgehead atoms. The molecule has 27 heavy (non-hydrogen) atoms. The fourth-order valence-corrected chi connectivity index (χ4v) is 3.56. The molecule has 0 atom stereocenters. The fourth-order valence-electron chi connectivity index (χ4n) is 3.56. The number of piperidine rings is 1. The Bertz CT molecular complexity index is 836. The van der Waals surface area contributed by atoms with Crippen molar-refractivity contribution in [2.45, 2.75) is 38.6 Å². The highest BCUT2D eigenvalue weighted by Gasteiger charge is 2.19. The normalized spacial score (nSPS) is 15.4. The van der Waals surface area contributed by atoms with E-state index in [-0.39, 0.29) is 0 Å². The third-order valence-corrected chi connectivity index (χ3v) is 5.11. The number of aryl methyl sites for hydroxylation is 1. The van der Waals surface area contributed by atoms with Crippen LogP contribution in [0.15, 0.2) is 51.6 Å². The third kappa shape index (κ3) is 4.39. The lowest BCUT2D eigenvalue weighted by molar-refractivity contribution is 0.360. The molecule has 4 rings (SSSR count). The van der Waals surface area contributed by atoms with Gasteiger partial charge >= 0.3 is 0 Å². The van der Waals surface area contributed by atoms with Gasteiger partial charge in [-0.05, 0) is 37.1 Å². The summed E-state index contributed by atoms with van der Waals surface area (Å²) in [4.78, 5) is 6.81. The summed E-state index contributed by atoms with van der Waals surface area (Å²) in [6, 6.07) is 13.1. The molecule has 0 spiro atoms. The van der Waals surface area contributed by atoms with Gasteiger partial charge in [-0.15, -0.1) is 0 Å². The van der Waals surface area contributed by atoms with Crippen molar-refractivity contribution >= 4 is 5.69 Å². The lowest BCUT2D eigenvalue weighted by Gasteiger charge is -2.34. The van der Waals surface area contributed by atoms with Gasteiger partial charge in [-0.25, -0.2) is 0 Å². The predicted octanol–water partition coefficient (Wildman–Crippen LogP) is 3.69. The topological polar surface area (TPSA) is 67.3 Å². The zero-order valence-corrected chi connectivity index (χ0v) is 15.7. The number of hydrogen-bond acceptors (Lipinski definition) is 6. The summed E-state index contributed by atoms with van der Waals surface area (Å²) in [6.07, 6.45) is 5.59. The van der Waals surface area contributed by atoms with E-state index in [1.165, 1.54) is 5.69 Å². The Kier molecular flexibility index (Phi) is 5.53. The van der Waals surface area contributed by atoms with Gasteiger partial charge in [0.25, 0.3) is 0 Å². The highest BCUT2D eigenvalue weighted by atomic mass is 16.5. The fraction of sp³-hybridized carbons (Fsp3) is 0.429. The zero-order chi connectivity index (χ0) is 18.5. The van der Waals surface area contributed by atoms with Crippen LogP contribution in [0.1, 0.15) is 31.5 Å². The monoisotopic (exact) mass is 366 g/mol. The first kappa shape index (κ1) is 17.8. The lowest BCUT2D eigenvalue weighted by atomic mass is 10.0. The molecule has 0 aliphatic carbocycles. The standard InChI is InChI=1S/C21H26N4O2/c1-2-20-23-21(27-24-20)8-11-22-17-9-12-25(13-10-17)18-6-3-5-16(15-18)19-7-4-14-26-19/h3-7,14-15,17,22H,2,8-13H2,1H3. The van der Waals surface area contributed by atoms with Gasteiger partial charge in [0.15, 0.2) is 5.82 Å². The van der Waals surface area contributed by atoms with Crippen LogP contribution in [0.2, 0.25) is 0 Å². The number of anilines is 1. The molecule has 1 aliphatic rings. The first-order chi connectivity index (χ1) is 13.3. The zero-order valence-electron chi connectivity index (χ0n) is 15.7. The molecule has 1 N–H and O–H groups in total. The molecule has 6 heteroatoms. The maximum absolute atomic E-state index is 5.52. The molecular weight excluding hydrogens is 340 g/mol. The summed E-state index contributed by atoms with van der Waals surface area (Å²) in [7, 11) is 0. The van der Waals surface area contributed by atoms with Crippen molar-refractivity contribution in [3.63, 3.8) is 0 Å². The Labute approximate surface area is 159 Å². The lowest BCUT2D eigenvalue weighted by Crippen LogP contribution is -2.43. The third-order valence-electron chi connectivity index (χ3n) is 5.11. The highest BCUT2D eigenvalue weighted by Crippen LogP contribution is 2.27. The molecule has 6 nitrogen and oxygen atoms in total. The van der Waals surface area contributed by atoms with E-state index in [4.69, 9.17) is 8.94 Å². The van der Waals surface area contributed by atoms with Gasteiger partial charge in [0.2, 0.25) is 5.89 Å². The van der Waals surface area contributed by atoms with E-state index in [0.717, 1.165) is 68.4 Å². The summed E-state index contributed by atoms with van der Waals surface area (Å²) in [5.74, 6) is 2.43. The summed E-state index contributed by atoms with van der Waals surface area (Å²) < 4.78 is 10.8. The molecule has 2 aromatic heterocycles. The number of furan rings is 1. The van der Waals surface area contributed by atoms with Crippen molar-refractivity contribution in [2.75, 3.05) is 24.5 Å². The maximum Gasteiger partial charge on any atom is 0.227 e. The Morgan fingerprint density at radius 2 is 2.07 bits per heavy atom. The second-order valence-electron chi connectivity index (χ2n) is 6.95. The first-order valence-corrected chi connectivity index (χ1v) is 9.75. The van der Waals surface area contributed by atoms with Crippen molar-refractivity contribution in [1.82, 2.24) is 15.5 Å². The van der Waals surface area contributed by atoms with Crippen LogP contribution in [-0.2, 0) is 12.8 Å². The van der Waals surface area contributed by atoms with E-state index < -0.39 is 0 Å². The van der Waals surface area contributed by atoms with E-state index >= 15 is 0 Å². The molecule has 0 radical (unpaired) electrons. The summed E-state index contributed by atoms with van der Waals surface area (Å²) in [5.41, 5.74) is 2.39. The molecule has 3 aromatic rings. The Hall–Kier alpha value is -2.60. The van der Waals surface area contributed by atoms with Gasteiger partial charge < -0.3 is 19.2 Å². The number of nitrogens with one attached hydrogen (secondary N) is 1. The van der Waals surface area contributed by atoms with Gasteiger partial charge in [-0.3, -0.25) is 0 Å². The van der Waals surface area contributed by atoms with Crippen LogP contribution >= 0.6 is 0 Å². The summed E-state index contributed by atoms with van der Waals surface area (Å²) in [5, 5.41) is 7.58. The van der Waals surface area contributed by atoms with Gasteiger partial charge in [-0.2, -0.15) is 4.98 Å². The molecule has 1 aromatic carbocycles. The highest BCUT2D eigenvalue weighted by molar-refractivity contribution is 5.64. The molecule has 0 unspecified atom stereocenters. The molecule has 0 amide bonds. The molecular formula is C21H26N4O2. The van der Waals surface area contributed by atoms with Crippen LogP contribution in [0.4, 0.5) is 5.69 Å². The van der Waals surface area contributed by atoms with E-state index in [0.29, 0.717) is 6.04 Å².